The van der Waals surface area contributed by atoms with Crippen molar-refractivity contribution < 1.29 is 13.2 Å². The molecule has 0 aliphatic heterocycles. The summed E-state index contributed by atoms with van der Waals surface area (Å²) in [4.78, 5) is 0. The highest BCUT2D eigenvalue weighted by molar-refractivity contribution is 6.33. The van der Waals surface area contributed by atoms with Crippen molar-refractivity contribution in [1.29, 1.82) is 0 Å². The van der Waals surface area contributed by atoms with Gasteiger partial charge in [0.15, 0.2) is 11.5 Å². The molecule has 0 aliphatic carbocycles. The summed E-state index contributed by atoms with van der Waals surface area (Å²) in [5.41, 5.74) is 4.43. The molecule has 0 bridgehead atoms. The number of fused-ring (bicyclic) bond motifs is 1. The summed E-state index contributed by atoms with van der Waals surface area (Å²) < 4.78 is 39.5. The Balaban J connectivity index is 2.74. The lowest BCUT2D eigenvalue weighted by molar-refractivity contribution is -0.137. The van der Waals surface area contributed by atoms with Gasteiger partial charge in [0.05, 0.1) is 16.1 Å². The Morgan fingerprint density at radius 2 is 2.00 bits per heavy atom. The van der Waals surface area contributed by atoms with E-state index in [1.807, 2.05) is 6.92 Å². The third-order valence-corrected chi connectivity index (χ3v) is 3.31. The van der Waals surface area contributed by atoms with Gasteiger partial charge in [-0.15, -0.1) is 10.2 Å². The van der Waals surface area contributed by atoms with Gasteiger partial charge >= 0.3 is 6.18 Å². The zero-order valence-electron chi connectivity index (χ0n) is 10.3. The Bertz CT molecular complexity index is 618. The number of nitrogens with two attached hydrogens (primary N) is 1. The molecule has 2 aromatic heterocycles. The van der Waals surface area contributed by atoms with Crippen molar-refractivity contribution in [1.82, 2.24) is 14.6 Å². The van der Waals surface area contributed by atoms with Gasteiger partial charge in [-0.1, -0.05) is 18.5 Å². The number of hydrogen-bond acceptors (Lipinski definition) is 3. The van der Waals surface area contributed by atoms with E-state index in [4.69, 9.17) is 17.3 Å². The molecule has 0 amide bonds. The largest absolute Gasteiger partial charge is 0.417 e. The molecule has 0 saturated heterocycles. The van der Waals surface area contributed by atoms with Crippen molar-refractivity contribution in [2.24, 2.45) is 5.73 Å². The topological polar surface area (TPSA) is 56.2 Å². The summed E-state index contributed by atoms with van der Waals surface area (Å²) in [7, 11) is 0. The third-order valence-electron chi connectivity index (χ3n) is 3.03. The van der Waals surface area contributed by atoms with E-state index in [1.165, 1.54) is 4.40 Å². The van der Waals surface area contributed by atoms with Crippen LogP contribution in [0, 0.1) is 0 Å². The fourth-order valence-corrected chi connectivity index (χ4v) is 1.90. The molecule has 0 spiro atoms. The van der Waals surface area contributed by atoms with E-state index in [-0.39, 0.29) is 16.5 Å². The number of aromatic nitrogens is 3. The highest BCUT2D eigenvalue weighted by atomic mass is 35.5. The number of nitrogens with zero attached hydrogens (tertiary/aromatic N) is 3. The van der Waals surface area contributed by atoms with Crippen molar-refractivity contribution in [3.05, 3.63) is 28.7 Å². The van der Waals surface area contributed by atoms with E-state index in [0.29, 0.717) is 6.42 Å². The molecule has 0 saturated carbocycles. The lowest BCUT2D eigenvalue weighted by atomic mass is 10.00. The molecule has 1 atom stereocenters. The SMILES string of the molecule is CCC(C)(N)c1nnc2c(Cl)cc(C(F)(F)F)cn12. The van der Waals surface area contributed by atoms with Crippen LogP contribution in [-0.2, 0) is 11.7 Å². The van der Waals surface area contributed by atoms with Gasteiger partial charge in [-0.25, -0.2) is 0 Å². The minimum Gasteiger partial charge on any atom is -0.319 e. The molecule has 2 N–H and O–H groups in total. The second-order valence-electron chi connectivity index (χ2n) is 4.56. The zero-order valence-corrected chi connectivity index (χ0v) is 11.0. The Kier molecular flexibility index (Phi) is 3.22. The molecule has 1 unspecified atom stereocenters. The quantitative estimate of drug-likeness (QED) is 0.926. The average molecular weight is 293 g/mol. The summed E-state index contributed by atoms with van der Waals surface area (Å²) in [5, 5.41) is 7.54. The van der Waals surface area contributed by atoms with Crippen LogP contribution in [0.2, 0.25) is 5.02 Å². The maximum Gasteiger partial charge on any atom is 0.417 e. The molecular formula is C11H12ClF3N4. The number of rotatable bonds is 2. The van der Waals surface area contributed by atoms with Crippen molar-refractivity contribution >= 4 is 17.2 Å². The average Bonchev–Trinajstić information content (AvgIpc) is 2.72. The van der Waals surface area contributed by atoms with Gasteiger partial charge in [-0.2, -0.15) is 13.2 Å². The molecule has 8 heteroatoms. The molecule has 0 aliphatic rings. The molecule has 4 nitrogen and oxygen atoms in total. The van der Waals surface area contributed by atoms with E-state index in [2.05, 4.69) is 10.2 Å². The van der Waals surface area contributed by atoms with Gasteiger partial charge in [-0.05, 0) is 19.4 Å². The first-order valence-corrected chi connectivity index (χ1v) is 5.95. The van der Waals surface area contributed by atoms with E-state index in [1.54, 1.807) is 6.92 Å². The van der Waals surface area contributed by atoms with Gasteiger partial charge in [0, 0.05) is 6.20 Å². The molecular weight excluding hydrogens is 281 g/mol. The number of halogens is 4. The normalized spacial score (nSPS) is 15.7. The molecule has 2 heterocycles. The summed E-state index contributed by atoms with van der Waals surface area (Å²) in [6, 6.07) is 0.829. The summed E-state index contributed by atoms with van der Waals surface area (Å²) in [6.07, 6.45) is -3.07. The zero-order chi connectivity index (χ0) is 14.4. The van der Waals surface area contributed by atoms with Crippen molar-refractivity contribution in [2.75, 3.05) is 0 Å². The minimum atomic E-state index is -4.49. The van der Waals surface area contributed by atoms with Crippen LogP contribution in [0.1, 0.15) is 31.7 Å². The van der Waals surface area contributed by atoms with Gasteiger partial charge in [0.2, 0.25) is 0 Å². The van der Waals surface area contributed by atoms with Gasteiger partial charge in [0.25, 0.3) is 0 Å². The first-order valence-electron chi connectivity index (χ1n) is 5.57. The standard InChI is InChI=1S/C11H12ClF3N4/c1-3-10(2,16)9-18-17-8-7(12)4-6(5-19(8)9)11(13,14)15/h4-5H,3,16H2,1-2H3. The van der Waals surface area contributed by atoms with Crippen LogP contribution in [-0.4, -0.2) is 14.6 Å². The Morgan fingerprint density at radius 3 is 2.53 bits per heavy atom. The maximum atomic E-state index is 12.8. The van der Waals surface area contributed by atoms with Gasteiger partial charge in [-0.3, -0.25) is 4.40 Å². The van der Waals surface area contributed by atoms with Crippen LogP contribution in [0.3, 0.4) is 0 Å². The number of pyridine rings is 1. The molecule has 104 valence electrons. The van der Waals surface area contributed by atoms with E-state index in [9.17, 15) is 13.2 Å². The monoisotopic (exact) mass is 292 g/mol. The minimum absolute atomic E-state index is 0.111. The van der Waals surface area contributed by atoms with E-state index >= 15 is 0 Å². The summed E-state index contributed by atoms with van der Waals surface area (Å²) in [6.45, 7) is 3.49. The lowest BCUT2D eigenvalue weighted by Crippen LogP contribution is -2.34. The predicted molar refractivity (Wildman–Crippen MR) is 64.8 cm³/mol. The van der Waals surface area contributed by atoms with Crippen LogP contribution in [0.4, 0.5) is 13.2 Å². The molecule has 2 rings (SSSR count). The third kappa shape index (κ3) is 2.40. The maximum absolute atomic E-state index is 12.8. The second-order valence-corrected chi connectivity index (χ2v) is 4.97. The Labute approximate surface area is 112 Å². The Hall–Kier alpha value is -1.34. The van der Waals surface area contributed by atoms with E-state index < -0.39 is 17.3 Å². The number of alkyl halides is 3. The highest BCUT2D eigenvalue weighted by Crippen LogP contribution is 2.33. The van der Waals surface area contributed by atoms with Crippen molar-refractivity contribution in [3.63, 3.8) is 0 Å². The molecule has 0 fully saturated rings. The second kappa shape index (κ2) is 4.35. The van der Waals surface area contributed by atoms with Crippen LogP contribution in [0.15, 0.2) is 12.3 Å². The molecule has 0 radical (unpaired) electrons. The van der Waals surface area contributed by atoms with E-state index in [0.717, 1.165) is 12.3 Å². The fourth-order valence-electron chi connectivity index (χ4n) is 1.66. The van der Waals surface area contributed by atoms with Crippen LogP contribution in [0.25, 0.3) is 5.65 Å². The van der Waals surface area contributed by atoms with Gasteiger partial charge < -0.3 is 5.73 Å². The lowest BCUT2D eigenvalue weighted by Gasteiger charge is -2.20. The van der Waals surface area contributed by atoms with Gasteiger partial charge in [0.1, 0.15) is 0 Å². The first kappa shape index (κ1) is 14.1. The molecule has 19 heavy (non-hydrogen) atoms. The van der Waals surface area contributed by atoms with Crippen molar-refractivity contribution in [3.8, 4) is 0 Å². The predicted octanol–water partition coefficient (Wildman–Crippen LogP) is 2.99. The van der Waals surface area contributed by atoms with Crippen molar-refractivity contribution in [2.45, 2.75) is 32.0 Å². The van der Waals surface area contributed by atoms with Crippen LogP contribution in [0.5, 0.6) is 0 Å². The van der Waals surface area contributed by atoms with Crippen LogP contribution < -0.4 is 5.73 Å². The smallest absolute Gasteiger partial charge is 0.319 e. The highest BCUT2D eigenvalue weighted by Gasteiger charge is 2.33. The summed E-state index contributed by atoms with van der Waals surface area (Å²) in [5.74, 6) is 0.248. The first-order chi connectivity index (χ1) is 8.66. The molecule has 0 aromatic carbocycles. The summed E-state index contributed by atoms with van der Waals surface area (Å²) >= 11 is 5.81. The number of hydrogen-bond donors (Lipinski definition) is 1. The Morgan fingerprint density at radius 1 is 1.37 bits per heavy atom. The fraction of sp³-hybridized carbons (Fsp3) is 0.455. The molecule has 2 aromatic rings. The van der Waals surface area contributed by atoms with Crippen LogP contribution >= 0.6 is 11.6 Å².